The zero-order valence-electron chi connectivity index (χ0n) is 8.67. The number of carbonyl (C=O) groups is 1. The van der Waals surface area contributed by atoms with Crippen molar-refractivity contribution in [1.82, 2.24) is 4.98 Å². The predicted molar refractivity (Wildman–Crippen MR) is 60.4 cm³/mol. The van der Waals surface area contributed by atoms with E-state index in [0.29, 0.717) is 17.9 Å². The van der Waals surface area contributed by atoms with E-state index < -0.39 is 0 Å². The van der Waals surface area contributed by atoms with E-state index in [4.69, 9.17) is 4.74 Å². The molecular formula is C13H11NO2. The minimum Gasteiger partial charge on any atom is -0.488 e. The molecule has 0 saturated heterocycles. The van der Waals surface area contributed by atoms with E-state index in [1.807, 2.05) is 30.3 Å². The average Bonchev–Trinajstić information content (AvgIpc) is 2.38. The second kappa shape index (κ2) is 5.07. The number of benzene rings is 1. The summed E-state index contributed by atoms with van der Waals surface area (Å²) in [6, 6.07) is 11.5. The standard InChI is InChI=1S/C13H11NO2/c15-9-12-8-14-7-6-13(12)16-10-11-4-2-1-3-5-11/h1-9H,10H2. The van der Waals surface area contributed by atoms with E-state index >= 15 is 0 Å². The third-order valence-electron chi connectivity index (χ3n) is 2.17. The van der Waals surface area contributed by atoms with Crippen LogP contribution in [-0.2, 0) is 6.61 Å². The van der Waals surface area contributed by atoms with Crippen molar-refractivity contribution in [2.75, 3.05) is 0 Å². The van der Waals surface area contributed by atoms with Gasteiger partial charge in [0.15, 0.2) is 6.29 Å². The molecule has 0 radical (unpaired) electrons. The van der Waals surface area contributed by atoms with Crippen LogP contribution in [0.1, 0.15) is 15.9 Å². The molecule has 1 heterocycles. The van der Waals surface area contributed by atoms with Crippen molar-refractivity contribution >= 4 is 6.29 Å². The monoisotopic (exact) mass is 213 g/mol. The summed E-state index contributed by atoms with van der Waals surface area (Å²) in [6.45, 7) is 0.450. The number of aromatic nitrogens is 1. The molecule has 0 aliphatic rings. The summed E-state index contributed by atoms with van der Waals surface area (Å²) in [5.41, 5.74) is 1.54. The number of rotatable bonds is 4. The van der Waals surface area contributed by atoms with Gasteiger partial charge in [0, 0.05) is 12.4 Å². The van der Waals surface area contributed by atoms with Gasteiger partial charge in [0.2, 0.25) is 0 Å². The molecular weight excluding hydrogens is 202 g/mol. The predicted octanol–water partition coefficient (Wildman–Crippen LogP) is 2.47. The SMILES string of the molecule is O=Cc1cnccc1OCc1ccccc1. The van der Waals surface area contributed by atoms with Crippen LogP contribution < -0.4 is 4.74 Å². The van der Waals surface area contributed by atoms with E-state index in [9.17, 15) is 4.79 Å². The van der Waals surface area contributed by atoms with Crippen LogP contribution in [0, 0.1) is 0 Å². The van der Waals surface area contributed by atoms with Crippen LogP contribution in [0.25, 0.3) is 0 Å². The number of aldehydes is 1. The zero-order chi connectivity index (χ0) is 11.2. The summed E-state index contributed by atoms with van der Waals surface area (Å²) in [7, 11) is 0. The van der Waals surface area contributed by atoms with Gasteiger partial charge >= 0.3 is 0 Å². The van der Waals surface area contributed by atoms with Crippen molar-refractivity contribution in [3.05, 3.63) is 59.9 Å². The van der Waals surface area contributed by atoms with Crippen molar-refractivity contribution in [2.45, 2.75) is 6.61 Å². The van der Waals surface area contributed by atoms with Gasteiger partial charge in [-0.3, -0.25) is 9.78 Å². The fraction of sp³-hybridized carbons (Fsp3) is 0.0769. The van der Waals surface area contributed by atoms with Gasteiger partial charge in [-0.2, -0.15) is 0 Å². The smallest absolute Gasteiger partial charge is 0.155 e. The van der Waals surface area contributed by atoms with Crippen LogP contribution in [0.3, 0.4) is 0 Å². The average molecular weight is 213 g/mol. The van der Waals surface area contributed by atoms with Gasteiger partial charge < -0.3 is 4.74 Å². The summed E-state index contributed by atoms with van der Waals surface area (Å²) >= 11 is 0. The Bertz CT molecular complexity index is 468. The first-order chi connectivity index (χ1) is 7.90. The number of hydrogen-bond acceptors (Lipinski definition) is 3. The van der Waals surface area contributed by atoms with E-state index in [0.717, 1.165) is 11.8 Å². The topological polar surface area (TPSA) is 39.2 Å². The van der Waals surface area contributed by atoms with Crippen molar-refractivity contribution in [3.8, 4) is 5.75 Å². The van der Waals surface area contributed by atoms with Crippen LogP contribution in [0.2, 0.25) is 0 Å². The van der Waals surface area contributed by atoms with Crippen molar-refractivity contribution in [1.29, 1.82) is 0 Å². The maximum atomic E-state index is 10.7. The Balaban J connectivity index is 2.08. The van der Waals surface area contributed by atoms with Crippen LogP contribution in [0.5, 0.6) is 5.75 Å². The summed E-state index contributed by atoms with van der Waals surface area (Å²) in [4.78, 5) is 14.6. The van der Waals surface area contributed by atoms with Gasteiger partial charge in [0.1, 0.15) is 12.4 Å². The summed E-state index contributed by atoms with van der Waals surface area (Å²) in [6.07, 6.45) is 3.84. The summed E-state index contributed by atoms with van der Waals surface area (Å²) in [5.74, 6) is 0.564. The van der Waals surface area contributed by atoms with Gasteiger partial charge in [-0.25, -0.2) is 0 Å². The van der Waals surface area contributed by atoms with E-state index in [1.165, 1.54) is 6.20 Å². The maximum Gasteiger partial charge on any atom is 0.155 e. The molecule has 0 N–H and O–H groups in total. The second-order valence-corrected chi connectivity index (χ2v) is 3.31. The molecule has 16 heavy (non-hydrogen) atoms. The normalized spacial score (nSPS) is 9.75. The molecule has 0 spiro atoms. The lowest BCUT2D eigenvalue weighted by Crippen LogP contribution is -1.98. The van der Waals surface area contributed by atoms with Crippen LogP contribution in [0.15, 0.2) is 48.8 Å². The quantitative estimate of drug-likeness (QED) is 0.732. The number of ether oxygens (including phenoxy) is 1. The summed E-state index contributed by atoms with van der Waals surface area (Å²) in [5, 5.41) is 0. The first-order valence-electron chi connectivity index (χ1n) is 4.96. The second-order valence-electron chi connectivity index (χ2n) is 3.31. The molecule has 0 saturated carbocycles. The molecule has 2 rings (SSSR count). The lowest BCUT2D eigenvalue weighted by atomic mass is 10.2. The Morgan fingerprint density at radius 3 is 2.75 bits per heavy atom. The molecule has 0 fully saturated rings. The number of nitrogens with zero attached hydrogens (tertiary/aromatic N) is 1. The van der Waals surface area contributed by atoms with E-state index in [2.05, 4.69) is 4.98 Å². The van der Waals surface area contributed by atoms with Crippen LogP contribution in [0.4, 0.5) is 0 Å². The fourth-order valence-electron chi connectivity index (χ4n) is 1.35. The molecule has 2 aromatic rings. The molecule has 1 aromatic carbocycles. The first kappa shape index (κ1) is 10.4. The third kappa shape index (κ3) is 2.45. The first-order valence-corrected chi connectivity index (χ1v) is 4.96. The highest BCUT2D eigenvalue weighted by Gasteiger charge is 2.01. The molecule has 0 bridgehead atoms. The van der Waals surface area contributed by atoms with Crippen LogP contribution >= 0.6 is 0 Å². The largest absolute Gasteiger partial charge is 0.488 e. The highest BCUT2D eigenvalue weighted by Crippen LogP contribution is 2.15. The fourth-order valence-corrected chi connectivity index (χ4v) is 1.35. The Labute approximate surface area is 93.7 Å². The van der Waals surface area contributed by atoms with Gasteiger partial charge in [0.25, 0.3) is 0 Å². The van der Waals surface area contributed by atoms with Crippen molar-refractivity contribution < 1.29 is 9.53 Å². The van der Waals surface area contributed by atoms with Gasteiger partial charge in [0.05, 0.1) is 5.56 Å². The molecule has 0 aliphatic carbocycles. The molecule has 1 aromatic heterocycles. The Hall–Kier alpha value is -2.16. The molecule has 0 amide bonds. The molecule has 3 nitrogen and oxygen atoms in total. The number of carbonyl (C=O) groups excluding carboxylic acids is 1. The zero-order valence-corrected chi connectivity index (χ0v) is 8.67. The van der Waals surface area contributed by atoms with Crippen molar-refractivity contribution in [3.63, 3.8) is 0 Å². The lowest BCUT2D eigenvalue weighted by Gasteiger charge is -2.07. The number of pyridine rings is 1. The molecule has 0 atom stereocenters. The minimum atomic E-state index is 0.450. The van der Waals surface area contributed by atoms with Crippen molar-refractivity contribution in [2.24, 2.45) is 0 Å². The highest BCUT2D eigenvalue weighted by molar-refractivity contribution is 5.78. The molecule has 0 aliphatic heterocycles. The Kier molecular flexibility index (Phi) is 3.28. The lowest BCUT2D eigenvalue weighted by molar-refractivity contribution is 0.111. The van der Waals surface area contributed by atoms with E-state index in [1.54, 1.807) is 12.3 Å². The molecule has 0 unspecified atom stereocenters. The third-order valence-corrected chi connectivity index (χ3v) is 2.17. The Morgan fingerprint density at radius 2 is 2.00 bits per heavy atom. The van der Waals surface area contributed by atoms with Gasteiger partial charge in [-0.05, 0) is 11.6 Å². The number of hydrogen-bond donors (Lipinski definition) is 0. The molecule has 3 heteroatoms. The van der Waals surface area contributed by atoms with E-state index in [-0.39, 0.29) is 0 Å². The Morgan fingerprint density at radius 1 is 1.19 bits per heavy atom. The maximum absolute atomic E-state index is 10.7. The molecule has 80 valence electrons. The van der Waals surface area contributed by atoms with Gasteiger partial charge in [-0.1, -0.05) is 30.3 Å². The summed E-state index contributed by atoms with van der Waals surface area (Å²) < 4.78 is 5.54. The van der Waals surface area contributed by atoms with Crippen LogP contribution in [-0.4, -0.2) is 11.3 Å². The van der Waals surface area contributed by atoms with Gasteiger partial charge in [-0.15, -0.1) is 0 Å². The minimum absolute atomic E-state index is 0.450. The highest BCUT2D eigenvalue weighted by atomic mass is 16.5.